The number of carbonyl (C=O) groups excluding carboxylic acids is 1. The van der Waals surface area contributed by atoms with Gasteiger partial charge in [-0.25, -0.2) is 0 Å². The molecule has 0 bridgehead atoms. The van der Waals surface area contributed by atoms with Crippen molar-refractivity contribution < 1.29 is 4.79 Å². The van der Waals surface area contributed by atoms with E-state index in [0.717, 1.165) is 39.2 Å². The van der Waals surface area contributed by atoms with Gasteiger partial charge in [-0.05, 0) is 25.0 Å². The Labute approximate surface area is 179 Å². The van der Waals surface area contributed by atoms with E-state index < -0.39 is 0 Å². The number of hydrogen-bond donors (Lipinski definition) is 0. The normalized spacial score (nSPS) is 15.4. The second kappa shape index (κ2) is 7.92. The number of rotatable bonds is 4. The molecule has 1 atom stereocenters. The molecule has 0 aliphatic carbocycles. The van der Waals surface area contributed by atoms with Gasteiger partial charge in [0, 0.05) is 28.1 Å². The van der Waals surface area contributed by atoms with Crippen molar-refractivity contribution in [2.75, 3.05) is 10.7 Å². The predicted molar refractivity (Wildman–Crippen MR) is 123 cm³/mol. The summed E-state index contributed by atoms with van der Waals surface area (Å²) in [5.74, 6) is 0.442. The van der Waals surface area contributed by atoms with Crippen molar-refractivity contribution in [3.05, 3.63) is 84.4 Å². The monoisotopic (exact) mass is 411 g/mol. The van der Waals surface area contributed by atoms with Crippen LogP contribution in [-0.4, -0.2) is 27.9 Å². The number of nitrogens with zero attached hydrogens (tertiary/aromatic N) is 3. The second-order valence-electron chi connectivity index (χ2n) is 7.50. The lowest BCUT2D eigenvalue weighted by Crippen LogP contribution is -2.37. The maximum atomic E-state index is 13.1. The largest absolute Gasteiger partial charge is 0.308 e. The van der Waals surface area contributed by atoms with Crippen molar-refractivity contribution in [1.82, 2.24) is 10.2 Å². The van der Waals surface area contributed by atoms with Crippen molar-refractivity contribution in [3.63, 3.8) is 0 Å². The summed E-state index contributed by atoms with van der Waals surface area (Å²) in [5.41, 5.74) is 4.17. The van der Waals surface area contributed by atoms with Crippen LogP contribution < -0.4 is 4.90 Å². The Morgan fingerprint density at radius 2 is 1.63 bits per heavy atom. The van der Waals surface area contributed by atoms with Crippen LogP contribution in [0.4, 0.5) is 5.69 Å². The first-order chi connectivity index (χ1) is 14.7. The summed E-state index contributed by atoms with van der Waals surface area (Å²) in [6.07, 6.45) is 0.904. The first kappa shape index (κ1) is 18.8. The van der Waals surface area contributed by atoms with Gasteiger partial charge in [0.2, 0.25) is 5.91 Å². The fourth-order valence-corrected chi connectivity index (χ4v) is 4.97. The third-order valence-electron chi connectivity index (χ3n) is 5.51. The van der Waals surface area contributed by atoms with E-state index in [4.69, 9.17) is 0 Å². The summed E-state index contributed by atoms with van der Waals surface area (Å²) in [4.78, 5) is 15.0. The third-order valence-corrected chi connectivity index (χ3v) is 6.48. The van der Waals surface area contributed by atoms with Crippen LogP contribution in [-0.2, 0) is 11.2 Å². The minimum atomic E-state index is 0.107. The Kier molecular flexibility index (Phi) is 4.97. The Hall–Kier alpha value is -3.18. The molecule has 1 unspecified atom stereocenters. The fraction of sp³-hybridized carbons (Fsp3) is 0.160. The van der Waals surface area contributed by atoms with Crippen molar-refractivity contribution in [2.45, 2.75) is 24.4 Å². The summed E-state index contributed by atoms with van der Waals surface area (Å²) >= 11 is 1.46. The number of thioether (sulfide) groups is 1. The number of anilines is 1. The molecule has 0 saturated carbocycles. The molecule has 4 aromatic rings. The van der Waals surface area contributed by atoms with Crippen LogP contribution in [0.15, 0.2) is 83.9 Å². The number of fused-ring (bicyclic) bond motifs is 2. The number of hydrogen-bond acceptors (Lipinski definition) is 4. The van der Waals surface area contributed by atoms with Gasteiger partial charge >= 0.3 is 0 Å². The van der Waals surface area contributed by atoms with E-state index in [1.165, 1.54) is 17.3 Å². The van der Waals surface area contributed by atoms with E-state index >= 15 is 0 Å². The molecular weight excluding hydrogens is 390 g/mol. The third kappa shape index (κ3) is 3.35. The topological polar surface area (TPSA) is 46.1 Å². The minimum absolute atomic E-state index is 0.107. The molecule has 2 heterocycles. The zero-order valence-corrected chi connectivity index (χ0v) is 17.5. The zero-order chi connectivity index (χ0) is 20.5. The summed E-state index contributed by atoms with van der Waals surface area (Å²) in [6, 6.07) is 26.6. The highest BCUT2D eigenvalue weighted by molar-refractivity contribution is 8.00. The smallest absolute Gasteiger partial charge is 0.237 e. The predicted octanol–water partition coefficient (Wildman–Crippen LogP) is 5.37. The van der Waals surface area contributed by atoms with Crippen LogP contribution in [0.5, 0.6) is 0 Å². The number of benzene rings is 3. The van der Waals surface area contributed by atoms with Crippen LogP contribution in [0.3, 0.4) is 0 Å². The lowest BCUT2D eigenvalue weighted by Gasteiger charge is -2.22. The summed E-state index contributed by atoms with van der Waals surface area (Å²) in [5, 5.41) is 11.9. The fourth-order valence-electron chi connectivity index (χ4n) is 4.14. The van der Waals surface area contributed by atoms with Gasteiger partial charge in [0.05, 0.1) is 5.75 Å². The molecule has 1 aromatic heterocycles. The molecule has 1 aliphatic heterocycles. The molecule has 3 aromatic carbocycles. The second-order valence-corrected chi connectivity index (χ2v) is 8.46. The Morgan fingerprint density at radius 3 is 2.47 bits per heavy atom. The molecule has 148 valence electrons. The standard InChI is InChI=1S/C25H21N3OS/c1-17-15-19-11-5-8-14-22(19)28(17)23(29)16-30-25-21-13-7-6-12-20(21)24(26-27-25)18-9-3-2-4-10-18/h2-14,17H,15-16H2,1H3. The van der Waals surface area contributed by atoms with Gasteiger partial charge in [-0.2, -0.15) is 0 Å². The highest BCUT2D eigenvalue weighted by Crippen LogP contribution is 2.34. The zero-order valence-electron chi connectivity index (χ0n) is 16.7. The Bertz CT molecular complexity index is 1230. The Morgan fingerprint density at radius 1 is 0.933 bits per heavy atom. The lowest BCUT2D eigenvalue weighted by molar-refractivity contribution is -0.116. The minimum Gasteiger partial charge on any atom is -0.308 e. The van der Waals surface area contributed by atoms with E-state index in [2.05, 4.69) is 35.3 Å². The highest BCUT2D eigenvalue weighted by Gasteiger charge is 2.30. The van der Waals surface area contributed by atoms with E-state index in [9.17, 15) is 4.79 Å². The van der Waals surface area contributed by atoms with Gasteiger partial charge < -0.3 is 4.90 Å². The molecule has 0 radical (unpaired) electrons. The van der Waals surface area contributed by atoms with Gasteiger partial charge in [0.1, 0.15) is 10.7 Å². The number of amides is 1. The average Bonchev–Trinajstić information content (AvgIpc) is 3.13. The highest BCUT2D eigenvalue weighted by atomic mass is 32.2. The molecule has 0 saturated heterocycles. The van der Waals surface area contributed by atoms with Crippen LogP contribution in [0.1, 0.15) is 12.5 Å². The van der Waals surface area contributed by atoms with E-state index in [1.807, 2.05) is 65.6 Å². The van der Waals surface area contributed by atoms with Crippen molar-refractivity contribution in [1.29, 1.82) is 0 Å². The summed E-state index contributed by atoms with van der Waals surface area (Å²) in [7, 11) is 0. The van der Waals surface area contributed by atoms with Gasteiger partial charge in [0.25, 0.3) is 0 Å². The summed E-state index contributed by atoms with van der Waals surface area (Å²) in [6.45, 7) is 2.10. The average molecular weight is 412 g/mol. The Balaban J connectivity index is 1.42. The SMILES string of the molecule is CC1Cc2ccccc2N1C(=O)CSc1nnc(-c2ccccc2)c2ccccc12. The van der Waals surface area contributed by atoms with Gasteiger partial charge in [-0.3, -0.25) is 4.79 Å². The molecular formula is C25H21N3OS. The number of aromatic nitrogens is 2. The molecule has 1 aliphatic rings. The summed E-state index contributed by atoms with van der Waals surface area (Å²) < 4.78 is 0. The molecule has 5 rings (SSSR count). The first-order valence-electron chi connectivity index (χ1n) is 10.1. The number of carbonyl (C=O) groups is 1. The van der Waals surface area contributed by atoms with Gasteiger partial charge in [-0.15, -0.1) is 10.2 Å². The van der Waals surface area contributed by atoms with Gasteiger partial charge in [0.15, 0.2) is 0 Å². The van der Waals surface area contributed by atoms with Gasteiger partial charge in [-0.1, -0.05) is 84.6 Å². The number of para-hydroxylation sites is 1. The first-order valence-corrected chi connectivity index (χ1v) is 11.0. The van der Waals surface area contributed by atoms with E-state index in [0.29, 0.717) is 5.75 Å². The van der Waals surface area contributed by atoms with Crippen LogP contribution >= 0.6 is 11.8 Å². The van der Waals surface area contributed by atoms with E-state index in [-0.39, 0.29) is 11.9 Å². The maximum Gasteiger partial charge on any atom is 0.237 e. The van der Waals surface area contributed by atoms with Crippen LogP contribution in [0.2, 0.25) is 0 Å². The maximum absolute atomic E-state index is 13.1. The molecule has 0 fully saturated rings. The van der Waals surface area contributed by atoms with Crippen molar-refractivity contribution >= 4 is 34.1 Å². The van der Waals surface area contributed by atoms with Crippen LogP contribution in [0, 0.1) is 0 Å². The van der Waals surface area contributed by atoms with Crippen molar-refractivity contribution in [3.8, 4) is 11.3 Å². The molecule has 4 nitrogen and oxygen atoms in total. The molecule has 1 amide bonds. The quantitative estimate of drug-likeness (QED) is 0.424. The molecule has 0 spiro atoms. The molecule has 0 N–H and O–H groups in total. The molecule has 30 heavy (non-hydrogen) atoms. The molecule has 5 heteroatoms. The van der Waals surface area contributed by atoms with Crippen LogP contribution in [0.25, 0.3) is 22.0 Å². The van der Waals surface area contributed by atoms with Crippen molar-refractivity contribution in [2.24, 2.45) is 0 Å². The van der Waals surface area contributed by atoms with E-state index in [1.54, 1.807) is 0 Å². The lowest BCUT2D eigenvalue weighted by atomic mass is 10.1.